The quantitative estimate of drug-likeness (QED) is 0.630. The number of para-hydroxylation sites is 1. The first kappa shape index (κ1) is 10.6. The van der Waals surface area contributed by atoms with Gasteiger partial charge in [0.25, 0.3) is 0 Å². The van der Waals surface area contributed by atoms with Gasteiger partial charge in [-0.15, -0.1) is 0 Å². The topological polar surface area (TPSA) is 12.0 Å². The summed E-state index contributed by atoms with van der Waals surface area (Å²) in [5, 5.41) is 3.15. The third kappa shape index (κ3) is 1.69. The molecule has 0 unspecified atom stereocenters. The molecule has 3 rings (SSSR count). The van der Waals surface area contributed by atoms with Crippen LogP contribution in [-0.2, 0) is 0 Å². The van der Waals surface area contributed by atoms with E-state index in [1.807, 2.05) is 25.1 Å². The first-order chi connectivity index (χ1) is 8.15. The minimum Gasteiger partial charge on any atom is -0.353 e. The SMILES string of the molecule is Cc1cccc2c1Nc1cc(F)c(F)cc1S2. The summed E-state index contributed by atoms with van der Waals surface area (Å²) in [5.41, 5.74) is 2.68. The number of halogens is 2. The lowest BCUT2D eigenvalue weighted by Crippen LogP contribution is -2.03. The maximum atomic E-state index is 13.2. The largest absolute Gasteiger partial charge is 0.353 e. The van der Waals surface area contributed by atoms with E-state index < -0.39 is 11.6 Å². The Balaban J connectivity index is 2.14. The number of nitrogens with one attached hydrogen (secondary N) is 1. The zero-order chi connectivity index (χ0) is 12.0. The van der Waals surface area contributed by atoms with Crippen molar-refractivity contribution < 1.29 is 8.78 Å². The molecular weight excluding hydrogens is 240 g/mol. The summed E-state index contributed by atoms with van der Waals surface area (Å²) in [6, 6.07) is 8.33. The summed E-state index contributed by atoms with van der Waals surface area (Å²) in [6.45, 7) is 1.98. The molecule has 0 fully saturated rings. The highest BCUT2D eigenvalue weighted by molar-refractivity contribution is 7.99. The third-order valence-corrected chi connectivity index (χ3v) is 3.85. The van der Waals surface area contributed by atoms with Crippen molar-refractivity contribution in [2.24, 2.45) is 0 Å². The van der Waals surface area contributed by atoms with Crippen molar-refractivity contribution in [3.63, 3.8) is 0 Å². The minimum atomic E-state index is -0.825. The molecule has 1 aliphatic heterocycles. The summed E-state index contributed by atoms with van der Waals surface area (Å²) >= 11 is 1.45. The van der Waals surface area contributed by atoms with Crippen LogP contribution in [0.1, 0.15) is 5.56 Å². The van der Waals surface area contributed by atoms with Gasteiger partial charge in [0.2, 0.25) is 0 Å². The van der Waals surface area contributed by atoms with Crippen molar-refractivity contribution in [2.75, 3.05) is 5.32 Å². The smallest absolute Gasteiger partial charge is 0.160 e. The van der Waals surface area contributed by atoms with Gasteiger partial charge in [-0.05, 0) is 24.6 Å². The van der Waals surface area contributed by atoms with Crippen LogP contribution in [0.3, 0.4) is 0 Å². The molecule has 1 aliphatic rings. The highest BCUT2D eigenvalue weighted by Crippen LogP contribution is 2.45. The van der Waals surface area contributed by atoms with Gasteiger partial charge in [0, 0.05) is 15.9 Å². The van der Waals surface area contributed by atoms with Gasteiger partial charge in [0.15, 0.2) is 11.6 Å². The average molecular weight is 249 g/mol. The molecule has 0 atom stereocenters. The number of benzene rings is 2. The van der Waals surface area contributed by atoms with Crippen molar-refractivity contribution in [1.82, 2.24) is 0 Å². The fourth-order valence-corrected chi connectivity index (χ4v) is 2.93. The van der Waals surface area contributed by atoms with Crippen LogP contribution in [0.5, 0.6) is 0 Å². The Kier molecular flexibility index (Phi) is 2.33. The Hall–Kier alpha value is -1.55. The van der Waals surface area contributed by atoms with Gasteiger partial charge in [0.05, 0.1) is 11.4 Å². The number of hydrogen-bond donors (Lipinski definition) is 1. The third-order valence-electron chi connectivity index (χ3n) is 2.74. The molecule has 0 aliphatic carbocycles. The van der Waals surface area contributed by atoms with Crippen molar-refractivity contribution in [3.8, 4) is 0 Å². The van der Waals surface area contributed by atoms with E-state index in [9.17, 15) is 8.78 Å². The van der Waals surface area contributed by atoms with Crippen LogP contribution in [0.15, 0.2) is 40.1 Å². The number of anilines is 2. The van der Waals surface area contributed by atoms with Gasteiger partial charge in [-0.25, -0.2) is 8.78 Å². The molecule has 2 aromatic carbocycles. The molecule has 1 N–H and O–H groups in total. The lowest BCUT2D eigenvalue weighted by Gasteiger charge is -2.22. The van der Waals surface area contributed by atoms with E-state index in [4.69, 9.17) is 0 Å². The number of rotatable bonds is 0. The highest BCUT2D eigenvalue weighted by Gasteiger charge is 2.19. The fraction of sp³-hybridized carbons (Fsp3) is 0.0769. The van der Waals surface area contributed by atoms with E-state index in [0.29, 0.717) is 10.6 Å². The molecule has 1 nitrogen and oxygen atoms in total. The molecule has 0 radical (unpaired) electrons. The predicted molar refractivity (Wildman–Crippen MR) is 64.9 cm³/mol. The number of hydrogen-bond acceptors (Lipinski definition) is 2. The maximum absolute atomic E-state index is 13.2. The molecule has 0 bridgehead atoms. The van der Waals surface area contributed by atoms with Crippen molar-refractivity contribution in [1.29, 1.82) is 0 Å². The predicted octanol–water partition coefficient (Wildman–Crippen LogP) is 4.48. The molecule has 0 saturated carbocycles. The van der Waals surface area contributed by atoms with Crippen LogP contribution in [-0.4, -0.2) is 0 Å². The van der Waals surface area contributed by atoms with Gasteiger partial charge < -0.3 is 5.32 Å². The zero-order valence-electron chi connectivity index (χ0n) is 9.05. The van der Waals surface area contributed by atoms with Crippen LogP contribution in [0.25, 0.3) is 0 Å². The molecule has 86 valence electrons. The van der Waals surface area contributed by atoms with E-state index in [2.05, 4.69) is 5.32 Å². The Bertz CT molecular complexity index is 611. The van der Waals surface area contributed by atoms with Crippen LogP contribution in [0.2, 0.25) is 0 Å². The molecule has 0 aromatic heterocycles. The molecular formula is C13H9F2NS. The molecule has 4 heteroatoms. The Labute approximate surface area is 102 Å². The maximum Gasteiger partial charge on any atom is 0.160 e. The Morgan fingerprint density at radius 2 is 1.82 bits per heavy atom. The van der Waals surface area contributed by atoms with E-state index in [-0.39, 0.29) is 0 Å². The number of fused-ring (bicyclic) bond motifs is 2. The van der Waals surface area contributed by atoms with Crippen LogP contribution in [0, 0.1) is 18.6 Å². The summed E-state index contributed by atoms with van der Waals surface area (Å²) in [4.78, 5) is 1.74. The Morgan fingerprint density at radius 1 is 1.06 bits per heavy atom. The van der Waals surface area contributed by atoms with E-state index >= 15 is 0 Å². The monoisotopic (exact) mass is 249 g/mol. The van der Waals surface area contributed by atoms with Crippen LogP contribution in [0.4, 0.5) is 20.2 Å². The average Bonchev–Trinajstić information content (AvgIpc) is 2.29. The van der Waals surface area contributed by atoms with Gasteiger partial charge in [0.1, 0.15) is 0 Å². The molecule has 17 heavy (non-hydrogen) atoms. The molecule has 0 amide bonds. The normalized spacial score (nSPS) is 12.6. The summed E-state index contributed by atoms with van der Waals surface area (Å²) < 4.78 is 26.3. The van der Waals surface area contributed by atoms with Gasteiger partial charge >= 0.3 is 0 Å². The lowest BCUT2D eigenvalue weighted by molar-refractivity contribution is 0.506. The summed E-state index contributed by atoms with van der Waals surface area (Å²) in [7, 11) is 0. The van der Waals surface area contributed by atoms with E-state index in [1.165, 1.54) is 23.9 Å². The second kappa shape index (κ2) is 3.74. The van der Waals surface area contributed by atoms with Gasteiger partial charge in [-0.3, -0.25) is 0 Å². The highest BCUT2D eigenvalue weighted by atomic mass is 32.2. The second-order valence-electron chi connectivity index (χ2n) is 3.94. The van der Waals surface area contributed by atoms with E-state index in [0.717, 1.165) is 16.1 Å². The first-order valence-electron chi connectivity index (χ1n) is 5.18. The fourth-order valence-electron chi connectivity index (χ4n) is 1.85. The van der Waals surface area contributed by atoms with Gasteiger partial charge in [-0.1, -0.05) is 23.9 Å². The summed E-state index contributed by atoms with van der Waals surface area (Å²) in [5.74, 6) is -1.64. The minimum absolute atomic E-state index is 0.621. The standard InChI is InChI=1S/C13H9F2NS/c1-7-3-2-4-11-13(7)16-10-5-8(14)9(15)6-12(10)17-11/h2-6,16H,1H3. The molecule has 0 saturated heterocycles. The van der Waals surface area contributed by atoms with Crippen LogP contribution < -0.4 is 5.32 Å². The first-order valence-corrected chi connectivity index (χ1v) is 6.00. The van der Waals surface area contributed by atoms with Crippen molar-refractivity contribution in [2.45, 2.75) is 16.7 Å². The van der Waals surface area contributed by atoms with Crippen molar-refractivity contribution >= 4 is 23.1 Å². The second-order valence-corrected chi connectivity index (χ2v) is 5.02. The molecule has 1 heterocycles. The number of aryl methyl sites for hydroxylation is 1. The molecule has 0 spiro atoms. The van der Waals surface area contributed by atoms with E-state index in [1.54, 1.807) is 0 Å². The van der Waals surface area contributed by atoms with Crippen LogP contribution >= 0.6 is 11.8 Å². The molecule has 2 aromatic rings. The Morgan fingerprint density at radius 3 is 2.65 bits per heavy atom. The van der Waals surface area contributed by atoms with Gasteiger partial charge in [-0.2, -0.15) is 0 Å². The zero-order valence-corrected chi connectivity index (χ0v) is 9.87. The summed E-state index contributed by atoms with van der Waals surface area (Å²) in [6.07, 6.45) is 0. The van der Waals surface area contributed by atoms with Crippen molar-refractivity contribution in [3.05, 3.63) is 47.5 Å². The lowest BCUT2D eigenvalue weighted by atomic mass is 10.2.